The molecule has 1 aromatic rings. The van der Waals surface area contributed by atoms with Gasteiger partial charge in [-0.3, -0.25) is 4.79 Å². The van der Waals surface area contributed by atoms with Gasteiger partial charge in [-0.1, -0.05) is 0 Å². The minimum absolute atomic E-state index is 0.0523. The van der Waals surface area contributed by atoms with Crippen molar-refractivity contribution in [1.82, 2.24) is 5.32 Å². The van der Waals surface area contributed by atoms with E-state index in [1.165, 1.54) is 0 Å². The highest BCUT2D eigenvalue weighted by molar-refractivity contribution is 14.1. The largest absolute Gasteiger partial charge is 0.349 e. The maximum Gasteiger partial charge on any atom is 0.252 e. The standard InChI is InChI=1S/C9H8BrFINO/c10-8-2-1-6(12)5-7(8)9(14)13-4-3-11/h1-2,5H,3-4H2,(H,13,14). The van der Waals surface area contributed by atoms with Crippen molar-refractivity contribution >= 4 is 44.4 Å². The Labute approximate surface area is 104 Å². The summed E-state index contributed by atoms with van der Waals surface area (Å²) in [5, 5.41) is 2.47. The molecule has 0 radical (unpaired) electrons. The van der Waals surface area contributed by atoms with Crippen LogP contribution in [0.1, 0.15) is 10.4 Å². The van der Waals surface area contributed by atoms with Gasteiger partial charge in [-0.15, -0.1) is 0 Å². The zero-order chi connectivity index (χ0) is 10.6. The third kappa shape index (κ3) is 3.20. The first-order valence-electron chi connectivity index (χ1n) is 3.94. The minimum Gasteiger partial charge on any atom is -0.349 e. The molecule has 0 saturated heterocycles. The number of carbonyl (C=O) groups is 1. The van der Waals surface area contributed by atoms with Gasteiger partial charge in [-0.05, 0) is 56.7 Å². The van der Waals surface area contributed by atoms with Gasteiger partial charge in [-0.25, -0.2) is 4.39 Å². The Morgan fingerprint density at radius 2 is 2.29 bits per heavy atom. The quantitative estimate of drug-likeness (QED) is 0.813. The summed E-state index contributed by atoms with van der Waals surface area (Å²) in [6.45, 7) is -0.496. The fraction of sp³-hybridized carbons (Fsp3) is 0.222. The Morgan fingerprint density at radius 3 is 2.93 bits per heavy atom. The number of hydrogen-bond donors (Lipinski definition) is 1. The Bertz CT molecular complexity index is 346. The Morgan fingerprint density at radius 1 is 1.57 bits per heavy atom. The number of nitrogens with one attached hydrogen (secondary N) is 1. The van der Waals surface area contributed by atoms with Gasteiger partial charge in [0.2, 0.25) is 0 Å². The zero-order valence-electron chi connectivity index (χ0n) is 7.19. The van der Waals surface area contributed by atoms with Crippen LogP contribution in [0.5, 0.6) is 0 Å². The van der Waals surface area contributed by atoms with Crippen LogP contribution in [0.25, 0.3) is 0 Å². The van der Waals surface area contributed by atoms with E-state index in [0.717, 1.165) is 3.57 Å². The van der Waals surface area contributed by atoms with Crippen molar-refractivity contribution in [2.24, 2.45) is 0 Å². The van der Waals surface area contributed by atoms with Crippen molar-refractivity contribution < 1.29 is 9.18 Å². The van der Waals surface area contributed by atoms with E-state index in [2.05, 4.69) is 43.8 Å². The molecule has 0 aliphatic heterocycles. The lowest BCUT2D eigenvalue weighted by Crippen LogP contribution is -2.25. The summed E-state index contributed by atoms with van der Waals surface area (Å²) in [5.41, 5.74) is 0.533. The molecule has 1 rings (SSSR count). The van der Waals surface area contributed by atoms with Crippen LogP contribution in [0, 0.1) is 3.57 Å². The second-order valence-corrected chi connectivity index (χ2v) is 4.67. The highest BCUT2D eigenvalue weighted by atomic mass is 127. The summed E-state index contributed by atoms with van der Waals surface area (Å²) in [6.07, 6.45) is 0. The van der Waals surface area contributed by atoms with E-state index in [1.807, 2.05) is 6.07 Å². The fourth-order valence-electron chi connectivity index (χ4n) is 0.928. The van der Waals surface area contributed by atoms with Crippen molar-refractivity contribution in [1.29, 1.82) is 0 Å². The molecule has 76 valence electrons. The first kappa shape index (κ1) is 11.9. The van der Waals surface area contributed by atoms with Gasteiger partial charge in [0.1, 0.15) is 6.67 Å². The summed E-state index contributed by atoms with van der Waals surface area (Å²) in [4.78, 5) is 11.5. The number of benzene rings is 1. The van der Waals surface area contributed by atoms with Gasteiger partial charge in [0.15, 0.2) is 0 Å². The predicted octanol–water partition coefficient (Wildman–Crippen LogP) is 2.75. The van der Waals surface area contributed by atoms with Crippen LogP contribution < -0.4 is 5.32 Å². The first-order valence-corrected chi connectivity index (χ1v) is 5.81. The maximum atomic E-state index is 11.8. The van der Waals surface area contributed by atoms with Crippen molar-refractivity contribution in [3.05, 3.63) is 31.8 Å². The highest BCUT2D eigenvalue weighted by Crippen LogP contribution is 2.19. The van der Waals surface area contributed by atoms with Crippen LogP contribution in [-0.2, 0) is 0 Å². The number of carbonyl (C=O) groups excluding carboxylic acids is 1. The minimum atomic E-state index is -0.548. The van der Waals surface area contributed by atoms with Crippen LogP contribution in [-0.4, -0.2) is 19.1 Å². The van der Waals surface area contributed by atoms with Gasteiger partial charge in [0.25, 0.3) is 5.91 Å². The summed E-state index contributed by atoms with van der Waals surface area (Å²) < 4.78 is 13.5. The average Bonchev–Trinajstić information content (AvgIpc) is 2.18. The molecule has 14 heavy (non-hydrogen) atoms. The Kier molecular flexibility index (Phi) is 4.80. The third-order valence-corrected chi connectivity index (χ3v) is 2.92. The Hall–Kier alpha value is -0.170. The monoisotopic (exact) mass is 371 g/mol. The van der Waals surface area contributed by atoms with Crippen LogP contribution in [0.2, 0.25) is 0 Å². The summed E-state index contributed by atoms with van der Waals surface area (Å²) >= 11 is 5.38. The van der Waals surface area contributed by atoms with E-state index >= 15 is 0 Å². The second-order valence-electron chi connectivity index (χ2n) is 2.57. The summed E-state index contributed by atoms with van der Waals surface area (Å²) in [7, 11) is 0. The fourth-order valence-corrected chi connectivity index (χ4v) is 1.85. The van der Waals surface area contributed by atoms with Crippen LogP contribution in [0.15, 0.2) is 22.7 Å². The normalized spacial score (nSPS) is 9.93. The van der Waals surface area contributed by atoms with E-state index < -0.39 is 6.67 Å². The molecule has 0 atom stereocenters. The maximum absolute atomic E-state index is 11.8. The molecule has 0 heterocycles. The molecule has 1 amide bonds. The third-order valence-electron chi connectivity index (χ3n) is 1.55. The van der Waals surface area contributed by atoms with Crippen molar-refractivity contribution in [2.45, 2.75) is 0 Å². The first-order chi connectivity index (χ1) is 6.65. The second kappa shape index (κ2) is 5.65. The number of hydrogen-bond acceptors (Lipinski definition) is 1. The molecule has 0 aliphatic carbocycles. The van der Waals surface area contributed by atoms with Crippen LogP contribution in [0.3, 0.4) is 0 Å². The van der Waals surface area contributed by atoms with Gasteiger partial charge in [-0.2, -0.15) is 0 Å². The van der Waals surface area contributed by atoms with Gasteiger partial charge in [0.05, 0.1) is 5.56 Å². The van der Waals surface area contributed by atoms with Crippen LogP contribution >= 0.6 is 38.5 Å². The van der Waals surface area contributed by atoms with Gasteiger partial charge in [0, 0.05) is 14.6 Å². The van der Waals surface area contributed by atoms with Crippen LogP contribution in [0.4, 0.5) is 4.39 Å². The van der Waals surface area contributed by atoms with Crippen molar-refractivity contribution in [3.8, 4) is 0 Å². The van der Waals surface area contributed by atoms with E-state index in [9.17, 15) is 9.18 Å². The smallest absolute Gasteiger partial charge is 0.252 e. The van der Waals surface area contributed by atoms with E-state index in [0.29, 0.717) is 10.0 Å². The summed E-state index contributed by atoms with van der Waals surface area (Å²) in [6, 6.07) is 5.43. The molecule has 0 unspecified atom stereocenters. The molecule has 0 aromatic heterocycles. The predicted molar refractivity (Wildman–Crippen MR) is 65.2 cm³/mol. The lowest BCUT2D eigenvalue weighted by atomic mass is 10.2. The number of rotatable bonds is 3. The number of amides is 1. The molecule has 1 N–H and O–H groups in total. The van der Waals surface area contributed by atoms with E-state index in [4.69, 9.17) is 0 Å². The molecule has 0 fully saturated rings. The summed E-state index contributed by atoms with van der Waals surface area (Å²) in [5.74, 6) is -0.256. The molecular weight excluding hydrogens is 364 g/mol. The number of halogens is 3. The molecule has 0 bridgehead atoms. The molecule has 0 aliphatic rings. The Balaban J connectivity index is 2.83. The lowest BCUT2D eigenvalue weighted by molar-refractivity contribution is 0.0950. The molecule has 2 nitrogen and oxygen atoms in total. The highest BCUT2D eigenvalue weighted by Gasteiger charge is 2.09. The molecule has 0 spiro atoms. The van der Waals surface area contributed by atoms with Crippen molar-refractivity contribution in [2.75, 3.05) is 13.2 Å². The van der Waals surface area contributed by atoms with Crippen molar-refractivity contribution in [3.63, 3.8) is 0 Å². The van der Waals surface area contributed by atoms with E-state index in [-0.39, 0.29) is 12.5 Å². The molecular formula is C9H8BrFINO. The number of alkyl halides is 1. The topological polar surface area (TPSA) is 29.1 Å². The SMILES string of the molecule is O=C(NCCF)c1cc(I)ccc1Br. The molecule has 5 heteroatoms. The van der Waals surface area contributed by atoms with Gasteiger partial charge < -0.3 is 5.32 Å². The van der Waals surface area contributed by atoms with Gasteiger partial charge >= 0.3 is 0 Å². The molecule has 1 aromatic carbocycles. The lowest BCUT2D eigenvalue weighted by Gasteiger charge is -2.05. The molecule has 0 saturated carbocycles. The van der Waals surface area contributed by atoms with E-state index in [1.54, 1.807) is 12.1 Å². The zero-order valence-corrected chi connectivity index (χ0v) is 10.9. The average molecular weight is 372 g/mol.